The fraction of sp³-hybridized carbons (Fsp3) is 0. The van der Waals surface area contributed by atoms with Gasteiger partial charge in [-0.25, -0.2) is 4.39 Å². The molecule has 0 aliphatic rings. The summed E-state index contributed by atoms with van der Waals surface area (Å²) >= 11 is 8.74. The molecular weight excluding hydrogens is 339 g/mol. The molecule has 0 unspecified atom stereocenters. The first-order valence-electron chi connectivity index (χ1n) is 5.97. The zero-order valence-electron chi connectivity index (χ0n) is 10.3. The van der Waals surface area contributed by atoms with E-state index in [4.69, 9.17) is 12.2 Å². The SMILES string of the molecule is Fc1ccc(-n2c(-c3ccc(Br)cc3)c[nH]c2=S)cc1. The highest BCUT2D eigenvalue weighted by Gasteiger charge is 2.08. The van der Waals surface area contributed by atoms with Crippen LogP contribution in [-0.2, 0) is 0 Å². The van der Waals surface area contributed by atoms with Crippen molar-refractivity contribution in [2.45, 2.75) is 0 Å². The third-order valence-corrected chi connectivity index (χ3v) is 3.83. The first-order chi connectivity index (χ1) is 9.65. The van der Waals surface area contributed by atoms with Gasteiger partial charge in [0.25, 0.3) is 0 Å². The minimum absolute atomic E-state index is 0.263. The molecule has 20 heavy (non-hydrogen) atoms. The number of rotatable bonds is 2. The highest BCUT2D eigenvalue weighted by atomic mass is 79.9. The highest BCUT2D eigenvalue weighted by molar-refractivity contribution is 9.10. The molecule has 0 aliphatic carbocycles. The van der Waals surface area contributed by atoms with E-state index in [9.17, 15) is 4.39 Å². The monoisotopic (exact) mass is 348 g/mol. The predicted molar refractivity (Wildman–Crippen MR) is 84.0 cm³/mol. The van der Waals surface area contributed by atoms with E-state index in [0.717, 1.165) is 21.4 Å². The van der Waals surface area contributed by atoms with Crippen molar-refractivity contribution >= 4 is 28.1 Å². The molecule has 0 saturated carbocycles. The number of aromatic nitrogens is 2. The Hall–Kier alpha value is -1.72. The van der Waals surface area contributed by atoms with Gasteiger partial charge in [-0.05, 0) is 48.6 Å². The van der Waals surface area contributed by atoms with Crippen molar-refractivity contribution < 1.29 is 4.39 Å². The average molecular weight is 349 g/mol. The Morgan fingerprint density at radius 3 is 2.30 bits per heavy atom. The number of H-pyrrole nitrogens is 1. The molecule has 0 saturated heterocycles. The summed E-state index contributed by atoms with van der Waals surface area (Å²) in [5, 5.41) is 0. The first kappa shape index (κ1) is 13.3. The molecule has 0 spiro atoms. The number of aromatic amines is 1. The summed E-state index contributed by atoms with van der Waals surface area (Å²) < 4.78 is 16.5. The Morgan fingerprint density at radius 1 is 1.00 bits per heavy atom. The lowest BCUT2D eigenvalue weighted by atomic mass is 10.1. The van der Waals surface area contributed by atoms with Crippen LogP contribution >= 0.6 is 28.1 Å². The summed E-state index contributed by atoms with van der Waals surface area (Å²) in [6.07, 6.45) is 1.86. The summed E-state index contributed by atoms with van der Waals surface area (Å²) in [5.41, 5.74) is 2.80. The molecule has 2 nitrogen and oxygen atoms in total. The van der Waals surface area contributed by atoms with Crippen molar-refractivity contribution in [3.63, 3.8) is 0 Å². The van der Waals surface area contributed by atoms with E-state index in [1.165, 1.54) is 12.1 Å². The van der Waals surface area contributed by atoms with Gasteiger partial charge in [-0.1, -0.05) is 28.1 Å². The van der Waals surface area contributed by atoms with Crippen LogP contribution in [0.1, 0.15) is 0 Å². The summed E-state index contributed by atoms with van der Waals surface area (Å²) in [4.78, 5) is 3.04. The van der Waals surface area contributed by atoms with Crippen LogP contribution in [0.2, 0.25) is 0 Å². The maximum atomic E-state index is 13.0. The van der Waals surface area contributed by atoms with E-state index in [2.05, 4.69) is 20.9 Å². The highest BCUT2D eigenvalue weighted by Crippen LogP contribution is 2.25. The van der Waals surface area contributed by atoms with Gasteiger partial charge in [0.15, 0.2) is 4.77 Å². The second kappa shape index (κ2) is 5.34. The molecule has 0 aliphatic heterocycles. The third-order valence-electron chi connectivity index (χ3n) is 3.00. The molecule has 3 rings (SSSR count). The van der Waals surface area contributed by atoms with Gasteiger partial charge in [0, 0.05) is 21.9 Å². The molecule has 2 aromatic carbocycles. The Morgan fingerprint density at radius 2 is 1.65 bits per heavy atom. The lowest BCUT2D eigenvalue weighted by molar-refractivity contribution is 0.627. The number of halogens is 2. The molecule has 1 aromatic heterocycles. The molecule has 0 radical (unpaired) electrons. The van der Waals surface area contributed by atoms with Crippen molar-refractivity contribution in [2.24, 2.45) is 0 Å². The second-order valence-electron chi connectivity index (χ2n) is 4.30. The number of imidazole rings is 1. The van der Waals surface area contributed by atoms with Crippen LogP contribution in [0.5, 0.6) is 0 Å². The van der Waals surface area contributed by atoms with Crippen LogP contribution in [0.4, 0.5) is 4.39 Å². The lowest BCUT2D eigenvalue weighted by Crippen LogP contribution is -1.97. The van der Waals surface area contributed by atoms with Gasteiger partial charge in [-0.15, -0.1) is 0 Å². The Balaban J connectivity index is 2.17. The van der Waals surface area contributed by atoms with Crippen LogP contribution in [0.25, 0.3) is 16.9 Å². The minimum atomic E-state index is -0.263. The van der Waals surface area contributed by atoms with Crippen LogP contribution in [0.15, 0.2) is 59.2 Å². The summed E-state index contributed by atoms with van der Waals surface area (Å²) in [7, 11) is 0. The topological polar surface area (TPSA) is 20.7 Å². The second-order valence-corrected chi connectivity index (χ2v) is 5.60. The summed E-state index contributed by atoms with van der Waals surface area (Å²) in [5.74, 6) is -0.263. The Kier molecular flexibility index (Phi) is 3.54. The van der Waals surface area contributed by atoms with Gasteiger partial charge in [-0.2, -0.15) is 0 Å². The molecule has 5 heteroatoms. The molecule has 0 atom stereocenters. The number of nitrogens with one attached hydrogen (secondary N) is 1. The molecule has 3 aromatic rings. The van der Waals surface area contributed by atoms with E-state index in [0.29, 0.717) is 4.77 Å². The van der Waals surface area contributed by atoms with Crippen molar-refractivity contribution in [3.05, 3.63) is 69.8 Å². The molecule has 0 amide bonds. The van der Waals surface area contributed by atoms with E-state index in [1.807, 2.05) is 35.0 Å². The maximum absolute atomic E-state index is 13.0. The number of hydrogen-bond acceptors (Lipinski definition) is 1. The number of benzene rings is 2. The van der Waals surface area contributed by atoms with Crippen LogP contribution in [-0.4, -0.2) is 9.55 Å². The van der Waals surface area contributed by atoms with Gasteiger partial charge in [0.1, 0.15) is 5.82 Å². The van der Waals surface area contributed by atoms with Gasteiger partial charge < -0.3 is 4.98 Å². The summed E-state index contributed by atoms with van der Waals surface area (Å²) in [6.45, 7) is 0. The Bertz CT molecular complexity index is 788. The molecule has 1 N–H and O–H groups in total. The van der Waals surface area contributed by atoms with Gasteiger partial charge in [0.05, 0.1) is 5.69 Å². The largest absolute Gasteiger partial charge is 0.336 e. The van der Waals surface area contributed by atoms with Crippen molar-refractivity contribution in [3.8, 4) is 16.9 Å². The average Bonchev–Trinajstić information content (AvgIpc) is 2.83. The standard InChI is InChI=1S/C15H10BrFN2S/c16-11-3-1-10(2-4-11)14-9-18-15(20)19(14)13-7-5-12(17)6-8-13/h1-9H,(H,18,20). The molecular formula is C15H10BrFN2S. The fourth-order valence-corrected chi connectivity index (χ4v) is 2.58. The molecule has 0 bridgehead atoms. The van der Waals surface area contributed by atoms with Crippen molar-refractivity contribution in [1.29, 1.82) is 0 Å². The van der Waals surface area contributed by atoms with Gasteiger partial charge in [-0.3, -0.25) is 4.57 Å². The number of hydrogen-bond donors (Lipinski definition) is 1. The molecule has 100 valence electrons. The molecule has 1 heterocycles. The van der Waals surface area contributed by atoms with Crippen LogP contribution in [0, 0.1) is 10.6 Å². The minimum Gasteiger partial charge on any atom is -0.336 e. The predicted octanol–water partition coefficient (Wildman–Crippen LogP) is 5.10. The smallest absolute Gasteiger partial charge is 0.182 e. The lowest BCUT2D eigenvalue weighted by Gasteiger charge is -2.08. The Labute approximate surface area is 129 Å². The van der Waals surface area contributed by atoms with E-state index < -0.39 is 0 Å². The fourth-order valence-electron chi connectivity index (χ4n) is 2.05. The van der Waals surface area contributed by atoms with E-state index in [1.54, 1.807) is 12.1 Å². The van der Waals surface area contributed by atoms with Crippen molar-refractivity contribution in [2.75, 3.05) is 0 Å². The maximum Gasteiger partial charge on any atom is 0.182 e. The van der Waals surface area contributed by atoms with Crippen LogP contribution < -0.4 is 0 Å². The number of nitrogens with zero attached hydrogens (tertiary/aromatic N) is 1. The first-order valence-corrected chi connectivity index (χ1v) is 7.17. The van der Waals surface area contributed by atoms with E-state index >= 15 is 0 Å². The van der Waals surface area contributed by atoms with E-state index in [-0.39, 0.29) is 5.82 Å². The van der Waals surface area contributed by atoms with Crippen LogP contribution in [0.3, 0.4) is 0 Å². The van der Waals surface area contributed by atoms with Crippen molar-refractivity contribution in [1.82, 2.24) is 9.55 Å². The summed E-state index contributed by atoms with van der Waals surface area (Å²) in [6, 6.07) is 14.2. The van der Waals surface area contributed by atoms with Gasteiger partial charge >= 0.3 is 0 Å². The zero-order valence-corrected chi connectivity index (χ0v) is 12.7. The van der Waals surface area contributed by atoms with Gasteiger partial charge in [0.2, 0.25) is 0 Å². The zero-order chi connectivity index (χ0) is 14.1. The quantitative estimate of drug-likeness (QED) is 0.638. The molecule has 0 fully saturated rings. The third kappa shape index (κ3) is 2.46. The normalized spacial score (nSPS) is 10.7.